The second-order valence-electron chi connectivity index (χ2n) is 6.02. The monoisotopic (exact) mass is 332 g/mol. The van der Waals surface area contributed by atoms with Crippen LogP contribution in [0.1, 0.15) is 41.6 Å². The molecule has 120 valence electrons. The summed E-state index contributed by atoms with van der Waals surface area (Å²) in [4.78, 5) is 12.4. The first-order valence-corrected chi connectivity index (χ1v) is 8.74. The highest BCUT2D eigenvalue weighted by Crippen LogP contribution is 2.42. The van der Waals surface area contributed by atoms with Crippen LogP contribution in [-0.2, 0) is 16.0 Å². The number of benzene rings is 1. The van der Waals surface area contributed by atoms with Crippen molar-refractivity contribution in [2.24, 2.45) is 5.92 Å². The smallest absolute Gasteiger partial charge is 0.294 e. The molecule has 2 aliphatic heterocycles. The van der Waals surface area contributed by atoms with Crippen molar-refractivity contribution in [2.75, 3.05) is 0 Å². The molecule has 0 aliphatic carbocycles. The summed E-state index contributed by atoms with van der Waals surface area (Å²) in [6, 6.07) is 4.35. The highest BCUT2D eigenvalue weighted by atomic mass is 32.2. The molecular formula is C15H15F3O3S. The van der Waals surface area contributed by atoms with Crippen molar-refractivity contribution in [3.63, 3.8) is 0 Å². The van der Waals surface area contributed by atoms with Gasteiger partial charge in [0.25, 0.3) is 0 Å². The number of alkyl halides is 3. The van der Waals surface area contributed by atoms with Crippen LogP contribution >= 0.6 is 0 Å². The number of carbonyl (C=O) groups excluding carboxylic acids is 1. The summed E-state index contributed by atoms with van der Waals surface area (Å²) in [6.45, 7) is 0. The second-order valence-corrected chi connectivity index (χ2v) is 8.53. The third-order valence-electron chi connectivity index (χ3n) is 4.68. The fourth-order valence-corrected chi connectivity index (χ4v) is 5.98. The molecule has 2 fully saturated rings. The van der Waals surface area contributed by atoms with Crippen molar-refractivity contribution in [1.82, 2.24) is 0 Å². The molecule has 0 spiro atoms. The van der Waals surface area contributed by atoms with Crippen molar-refractivity contribution in [3.05, 3.63) is 35.4 Å². The van der Waals surface area contributed by atoms with Gasteiger partial charge in [0.1, 0.15) is 0 Å². The predicted octanol–water partition coefficient (Wildman–Crippen LogP) is 3.24. The van der Waals surface area contributed by atoms with E-state index in [4.69, 9.17) is 0 Å². The van der Waals surface area contributed by atoms with Gasteiger partial charge in [-0.05, 0) is 37.8 Å². The predicted molar refractivity (Wildman–Crippen MR) is 74.2 cm³/mol. The van der Waals surface area contributed by atoms with E-state index in [1.54, 1.807) is 0 Å². The molecule has 0 radical (unpaired) electrons. The van der Waals surface area contributed by atoms with Gasteiger partial charge in [-0.25, -0.2) is 8.42 Å². The Balaban J connectivity index is 1.84. The molecule has 2 atom stereocenters. The number of sulfone groups is 1. The lowest BCUT2D eigenvalue weighted by Crippen LogP contribution is -2.36. The van der Waals surface area contributed by atoms with E-state index in [1.807, 2.05) is 0 Å². The number of fused-ring (bicyclic) bond motifs is 2. The Morgan fingerprint density at radius 2 is 1.68 bits per heavy atom. The molecule has 0 N–H and O–H groups in total. The van der Waals surface area contributed by atoms with Gasteiger partial charge in [0.2, 0.25) is 0 Å². The second kappa shape index (κ2) is 5.08. The van der Waals surface area contributed by atoms with E-state index in [0.717, 1.165) is 12.1 Å². The normalized spacial score (nSPS) is 30.2. The average Bonchev–Trinajstić information content (AvgIpc) is 2.66. The van der Waals surface area contributed by atoms with Gasteiger partial charge in [0.15, 0.2) is 15.6 Å². The first-order valence-electron chi connectivity index (χ1n) is 7.14. The lowest BCUT2D eigenvalue weighted by Gasteiger charge is -2.27. The van der Waals surface area contributed by atoms with Gasteiger partial charge >= 0.3 is 6.18 Å². The molecule has 2 bridgehead atoms. The minimum absolute atomic E-state index is 0.0125. The summed E-state index contributed by atoms with van der Waals surface area (Å²) in [5, 5.41) is -1.02. The maximum atomic E-state index is 12.7. The van der Waals surface area contributed by atoms with Crippen LogP contribution in [0.3, 0.4) is 0 Å². The maximum Gasteiger partial charge on any atom is 0.416 e. The van der Waals surface area contributed by atoms with Crippen LogP contribution in [0.25, 0.3) is 0 Å². The topological polar surface area (TPSA) is 51.2 Å². The Bertz CT molecular complexity index is 689. The molecule has 22 heavy (non-hydrogen) atoms. The molecule has 2 aliphatic rings. The summed E-state index contributed by atoms with van der Waals surface area (Å²) in [6.07, 6.45) is -2.92. The minimum Gasteiger partial charge on any atom is -0.294 e. The van der Waals surface area contributed by atoms with E-state index in [0.29, 0.717) is 12.8 Å². The molecule has 0 aromatic heterocycles. The number of Topliss-reactive ketones (excluding diaryl/α,β-unsaturated/α-hetero) is 1. The highest BCUT2D eigenvalue weighted by Gasteiger charge is 2.48. The number of carbonyl (C=O) groups is 1. The molecule has 0 saturated carbocycles. The molecule has 7 heteroatoms. The van der Waals surface area contributed by atoms with E-state index in [9.17, 15) is 26.4 Å². The van der Waals surface area contributed by atoms with Crippen molar-refractivity contribution in [2.45, 2.75) is 42.4 Å². The van der Waals surface area contributed by atoms with Gasteiger partial charge in [0, 0.05) is 11.5 Å². The first kappa shape index (κ1) is 15.5. The molecular weight excluding hydrogens is 317 g/mol. The Morgan fingerprint density at radius 3 is 2.23 bits per heavy atom. The summed E-state index contributed by atoms with van der Waals surface area (Å²) in [5.74, 6) is -0.873. The zero-order valence-corrected chi connectivity index (χ0v) is 12.5. The Kier molecular flexibility index (Phi) is 3.58. The Labute approximate surface area is 126 Å². The van der Waals surface area contributed by atoms with Crippen LogP contribution < -0.4 is 0 Å². The zero-order chi connectivity index (χ0) is 16.1. The van der Waals surface area contributed by atoms with Gasteiger partial charge in [-0.1, -0.05) is 12.1 Å². The van der Waals surface area contributed by atoms with Crippen LogP contribution in [-0.4, -0.2) is 24.7 Å². The summed E-state index contributed by atoms with van der Waals surface area (Å²) >= 11 is 0. The Morgan fingerprint density at radius 1 is 1.09 bits per heavy atom. The average molecular weight is 332 g/mol. The summed E-state index contributed by atoms with van der Waals surface area (Å²) in [5.41, 5.74) is -0.844. The van der Waals surface area contributed by atoms with Crippen molar-refractivity contribution < 1.29 is 26.4 Å². The number of ketones is 1. The van der Waals surface area contributed by atoms with Crippen molar-refractivity contribution >= 4 is 15.6 Å². The number of hydrogen-bond donors (Lipinski definition) is 0. The summed E-state index contributed by atoms with van der Waals surface area (Å²) in [7, 11) is -3.14. The van der Waals surface area contributed by atoms with Crippen LogP contribution in [0.2, 0.25) is 0 Å². The number of hydrogen-bond acceptors (Lipinski definition) is 3. The standard InChI is InChI=1S/C15H15F3O3S/c16-15(17,18)11-3-1-2-9(6-11)14(19)10-7-12-4-5-13(8-10)22(12,20)21/h1-3,6,10,12-13H,4-5,7-8H2. The molecule has 0 amide bonds. The molecule has 2 saturated heterocycles. The fraction of sp³-hybridized carbons (Fsp3) is 0.533. The molecule has 2 heterocycles. The van der Waals surface area contributed by atoms with Crippen LogP contribution in [0.4, 0.5) is 13.2 Å². The number of halogens is 3. The lowest BCUT2D eigenvalue weighted by molar-refractivity contribution is -0.137. The van der Waals surface area contributed by atoms with Crippen LogP contribution in [0.5, 0.6) is 0 Å². The molecule has 3 rings (SSSR count). The molecule has 1 aromatic rings. The van der Waals surface area contributed by atoms with E-state index in [-0.39, 0.29) is 24.2 Å². The maximum absolute atomic E-state index is 12.7. The molecule has 1 aromatic carbocycles. The van der Waals surface area contributed by atoms with Gasteiger partial charge < -0.3 is 0 Å². The van der Waals surface area contributed by atoms with Gasteiger partial charge in [-0.2, -0.15) is 13.2 Å². The zero-order valence-electron chi connectivity index (χ0n) is 11.6. The molecule has 2 unspecified atom stereocenters. The number of rotatable bonds is 2. The largest absolute Gasteiger partial charge is 0.416 e. The van der Waals surface area contributed by atoms with Gasteiger partial charge in [-0.3, -0.25) is 4.79 Å². The van der Waals surface area contributed by atoms with E-state index >= 15 is 0 Å². The highest BCUT2D eigenvalue weighted by molar-refractivity contribution is 7.93. The summed E-state index contributed by atoms with van der Waals surface area (Å²) < 4.78 is 62.2. The van der Waals surface area contributed by atoms with Gasteiger partial charge in [-0.15, -0.1) is 0 Å². The third-order valence-corrected chi connectivity index (χ3v) is 7.39. The van der Waals surface area contributed by atoms with Crippen LogP contribution in [0, 0.1) is 5.92 Å². The van der Waals surface area contributed by atoms with E-state index in [1.165, 1.54) is 12.1 Å². The first-order chi connectivity index (χ1) is 10.2. The van der Waals surface area contributed by atoms with Crippen LogP contribution in [0.15, 0.2) is 24.3 Å². The third kappa shape index (κ3) is 2.55. The van der Waals surface area contributed by atoms with Crippen molar-refractivity contribution in [3.8, 4) is 0 Å². The van der Waals surface area contributed by atoms with Gasteiger partial charge in [0.05, 0.1) is 16.1 Å². The SMILES string of the molecule is O=C(c1cccc(C(F)(F)F)c1)C1CC2CCC(C1)S2(=O)=O. The van der Waals surface area contributed by atoms with Crippen molar-refractivity contribution in [1.29, 1.82) is 0 Å². The van der Waals surface area contributed by atoms with E-state index < -0.39 is 38.0 Å². The van der Waals surface area contributed by atoms with E-state index in [2.05, 4.69) is 0 Å². The molecule has 3 nitrogen and oxygen atoms in total. The Hall–Kier alpha value is -1.37. The quantitative estimate of drug-likeness (QED) is 0.781. The fourth-order valence-electron chi connectivity index (χ4n) is 3.51. The minimum atomic E-state index is -4.49. The lowest BCUT2D eigenvalue weighted by atomic mass is 9.90.